The summed E-state index contributed by atoms with van der Waals surface area (Å²) in [6.45, 7) is 1.91. The molecule has 5 heteroatoms. The Morgan fingerprint density at radius 2 is 2.17 bits per heavy atom. The number of rotatable bonds is 5. The average molecular weight is 267 g/mol. The van der Waals surface area contributed by atoms with Crippen LogP contribution in [0.1, 0.15) is 15.9 Å². The lowest BCUT2D eigenvalue weighted by Crippen LogP contribution is -2.43. The Labute approximate surface area is 111 Å². The van der Waals surface area contributed by atoms with E-state index in [9.17, 15) is 9.59 Å². The van der Waals surface area contributed by atoms with E-state index < -0.39 is 12.0 Å². The van der Waals surface area contributed by atoms with Gasteiger partial charge in [0.15, 0.2) is 0 Å². The molecule has 0 aromatic heterocycles. The van der Waals surface area contributed by atoms with Gasteiger partial charge < -0.3 is 10.1 Å². The molecule has 1 atom stereocenters. The Balaban J connectivity index is 2.75. The predicted octanol–water partition coefficient (Wildman–Crippen LogP) is 1.63. The van der Waals surface area contributed by atoms with Crippen LogP contribution in [-0.2, 0) is 9.53 Å². The first-order valence-corrected chi connectivity index (χ1v) is 6.92. The topological polar surface area (TPSA) is 55.4 Å². The van der Waals surface area contributed by atoms with E-state index in [1.165, 1.54) is 18.9 Å². The fraction of sp³-hybridized carbons (Fsp3) is 0.385. The van der Waals surface area contributed by atoms with Gasteiger partial charge in [-0.05, 0) is 25.3 Å². The zero-order valence-corrected chi connectivity index (χ0v) is 11.5. The highest BCUT2D eigenvalue weighted by Crippen LogP contribution is 2.06. The standard InChI is InChI=1S/C13H17NO3S/c1-9-5-4-6-10(7-9)12(15)14-11(8-18-3)13(16)17-2/h4-7,11H,8H2,1-3H3,(H,14,15)/t11-/m0/s1. The molecule has 0 aliphatic rings. The number of aryl methyl sites for hydroxylation is 1. The van der Waals surface area contributed by atoms with Gasteiger partial charge in [-0.1, -0.05) is 17.7 Å². The Hall–Kier alpha value is -1.49. The second-order valence-corrected chi connectivity index (χ2v) is 4.78. The number of thioether (sulfide) groups is 1. The lowest BCUT2D eigenvalue weighted by Gasteiger charge is -2.15. The van der Waals surface area contributed by atoms with Gasteiger partial charge in [-0.25, -0.2) is 4.79 Å². The lowest BCUT2D eigenvalue weighted by molar-refractivity contribution is -0.142. The van der Waals surface area contributed by atoms with Crippen molar-refractivity contribution in [3.05, 3.63) is 35.4 Å². The Kier molecular flexibility index (Phi) is 5.71. The molecule has 1 rings (SSSR count). The zero-order valence-electron chi connectivity index (χ0n) is 10.7. The molecule has 1 amide bonds. The fourth-order valence-electron chi connectivity index (χ4n) is 1.51. The minimum Gasteiger partial charge on any atom is -0.467 e. The first kappa shape index (κ1) is 14.6. The molecule has 0 heterocycles. The number of carbonyl (C=O) groups is 2. The molecule has 98 valence electrons. The van der Waals surface area contributed by atoms with Gasteiger partial charge in [0.05, 0.1) is 7.11 Å². The van der Waals surface area contributed by atoms with Gasteiger partial charge >= 0.3 is 5.97 Å². The molecule has 0 unspecified atom stereocenters. The molecule has 0 saturated heterocycles. The minimum absolute atomic E-state index is 0.261. The quantitative estimate of drug-likeness (QED) is 0.824. The van der Waals surface area contributed by atoms with E-state index in [0.29, 0.717) is 11.3 Å². The third kappa shape index (κ3) is 4.07. The van der Waals surface area contributed by atoms with E-state index in [1.54, 1.807) is 12.1 Å². The third-order valence-electron chi connectivity index (χ3n) is 2.40. The average Bonchev–Trinajstić information content (AvgIpc) is 2.37. The summed E-state index contributed by atoms with van der Waals surface area (Å²) in [6.07, 6.45) is 1.87. The van der Waals surface area contributed by atoms with Gasteiger partial charge in [0.2, 0.25) is 0 Å². The van der Waals surface area contributed by atoms with Gasteiger partial charge in [0, 0.05) is 11.3 Å². The number of carbonyl (C=O) groups excluding carboxylic acids is 2. The molecule has 18 heavy (non-hydrogen) atoms. The summed E-state index contributed by atoms with van der Waals surface area (Å²) in [7, 11) is 1.31. The Bertz CT molecular complexity index is 434. The summed E-state index contributed by atoms with van der Waals surface area (Å²) >= 11 is 1.48. The van der Waals surface area contributed by atoms with Gasteiger partial charge in [-0.2, -0.15) is 11.8 Å². The van der Waals surface area contributed by atoms with Crippen LogP contribution in [0.5, 0.6) is 0 Å². The summed E-state index contributed by atoms with van der Waals surface area (Å²) in [4.78, 5) is 23.5. The number of amides is 1. The van der Waals surface area contributed by atoms with Crippen LogP contribution in [0.4, 0.5) is 0 Å². The van der Waals surface area contributed by atoms with Crippen molar-refractivity contribution in [1.82, 2.24) is 5.32 Å². The second-order valence-electron chi connectivity index (χ2n) is 3.87. The largest absolute Gasteiger partial charge is 0.467 e. The molecular formula is C13H17NO3S. The maximum atomic E-state index is 12.0. The molecular weight excluding hydrogens is 250 g/mol. The van der Waals surface area contributed by atoms with E-state index in [0.717, 1.165) is 5.56 Å². The minimum atomic E-state index is -0.613. The van der Waals surface area contributed by atoms with E-state index >= 15 is 0 Å². The van der Waals surface area contributed by atoms with Gasteiger partial charge in [0.25, 0.3) is 5.91 Å². The summed E-state index contributed by atoms with van der Waals surface area (Å²) < 4.78 is 4.66. The fourth-order valence-corrected chi connectivity index (χ4v) is 2.06. The third-order valence-corrected chi connectivity index (χ3v) is 3.07. The highest BCUT2D eigenvalue weighted by Gasteiger charge is 2.21. The number of esters is 1. The van der Waals surface area contributed by atoms with Crippen molar-refractivity contribution in [2.75, 3.05) is 19.1 Å². The molecule has 1 N–H and O–H groups in total. The summed E-state index contributed by atoms with van der Waals surface area (Å²) in [6, 6.07) is 6.61. The van der Waals surface area contributed by atoms with Crippen LogP contribution in [0, 0.1) is 6.92 Å². The Morgan fingerprint density at radius 3 is 2.72 bits per heavy atom. The number of benzene rings is 1. The van der Waals surface area contributed by atoms with Crippen LogP contribution in [-0.4, -0.2) is 37.0 Å². The summed E-state index contributed by atoms with van der Waals surface area (Å²) in [5, 5.41) is 2.68. The first-order chi connectivity index (χ1) is 8.58. The Morgan fingerprint density at radius 1 is 1.44 bits per heavy atom. The maximum Gasteiger partial charge on any atom is 0.329 e. The monoisotopic (exact) mass is 267 g/mol. The van der Waals surface area contributed by atoms with Crippen molar-refractivity contribution in [2.24, 2.45) is 0 Å². The summed E-state index contributed by atoms with van der Waals surface area (Å²) in [5.74, 6) is -0.196. The van der Waals surface area contributed by atoms with Crippen LogP contribution in [0.25, 0.3) is 0 Å². The molecule has 4 nitrogen and oxygen atoms in total. The molecule has 1 aromatic carbocycles. The molecule has 0 aliphatic carbocycles. The zero-order chi connectivity index (χ0) is 13.5. The van der Waals surface area contributed by atoms with Gasteiger partial charge in [-0.3, -0.25) is 4.79 Å². The van der Waals surface area contributed by atoms with Crippen LogP contribution < -0.4 is 5.32 Å². The smallest absolute Gasteiger partial charge is 0.329 e. The van der Waals surface area contributed by atoms with Crippen molar-refractivity contribution >= 4 is 23.6 Å². The van der Waals surface area contributed by atoms with Crippen LogP contribution in [0.15, 0.2) is 24.3 Å². The first-order valence-electron chi connectivity index (χ1n) is 5.52. The van der Waals surface area contributed by atoms with E-state index in [4.69, 9.17) is 0 Å². The van der Waals surface area contributed by atoms with Gasteiger partial charge in [-0.15, -0.1) is 0 Å². The van der Waals surface area contributed by atoms with E-state index in [1.807, 2.05) is 25.3 Å². The van der Waals surface area contributed by atoms with Crippen molar-refractivity contribution in [3.63, 3.8) is 0 Å². The van der Waals surface area contributed by atoms with E-state index in [-0.39, 0.29) is 5.91 Å². The SMILES string of the molecule is COC(=O)[C@H](CSC)NC(=O)c1cccc(C)c1. The van der Waals surface area contributed by atoms with Gasteiger partial charge in [0.1, 0.15) is 6.04 Å². The molecule has 0 fully saturated rings. The number of methoxy groups -OCH3 is 1. The molecule has 1 aromatic rings. The molecule has 0 aliphatic heterocycles. The maximum absolute atomic E-state index is 12.0. The molecule has 0 radical (unpaired) electrons. The van der Waals surface area contributed by atoms with Crippen molar-refractivity contribution in [1.29, 1.82) is 0 Å². The van der Waals surface area contributed by atoms with Crippen molar-refractivity contribution in [2.45, 2.75) is 13.0 Å². The number of hydrogen-bond donors (Lipinski definition) is 1. The van der Waals surface area contributed by atoms with Crippen molar-refractivity contribution in [3.8, 4) is 0 Å². The molecule has 0 saturated carbocycles. The lowest BCUT2D eigenvalue weighted by atomic mass is 10.1. The highest BCUT2D eigenvalue weighted by molar-refractivity contribution is 7.98. The van der Waals surface area contributed by atoms with Crippen LogP contribution in [0.2, 0.25) is 0 Å². The molecule has 0 bridgehead atoms. The van der Waals surface area contributed by atoms with E-state index in [2.05, 4.69) is 10.1 Å². The second kappa shape index (κ2) is 7.06. The predicted molar refractivity (Wildman–Crippen MR) is 72.8 cm³/mol. The number of ether oxygens (including phenoxy) is 1. The normalized spacial score (nSPS) is 11.7. The molecule has 0 spiro atoms. The van der Waals surface area contributed by atoms with Crippen LogP contribution >= 0.6 is 11.8 Å². The number of nitrogens with one attached hydrogen (secondary N) is 1. The number of hydrogen-bond acceptors (Lipinski definition) is 4. The van der Waals surface area contributed by atoms with Crippen molar-refractivity contribution < 1.29 is 14.3 Å². The van der Waals surface area contributed by atoms with Crippen LogP contribution in [0.3, 0.4) is 0 Å². The highest BCUT2D eigenvalue weighted by atomic mass is 32.2. The summed E-state index contributed by atoms with van der Waals surface area (Å²) in [5.41, 5.74) is 1.55.